The number of amides is 1. The molecule has 2 aromatic rings. The van der Waals surface area contributed by atoms with Crippen molar-refractivity contribution in [2.45, 2.75) is 12.5 Å². The molecule has 142 valence electrons. The number of nitrogens with zero attached hydrogens (tertiary/aromatic N) is 2. The summed E-state index contributed by atoms with van der Waals surface area (Å²) in [6.07, 6.45) is 2.26. The van der Waals surface area contributed by atoms with Gasteiger partial charge in [0.15, 0.2) is 0 Å². The molecule has 0 aromatic heterocycles. The van der Waals surface area contributed by atoms with Crippen LogP contribution in [0.4, 0.5) is 0 Å². The standard InChI is InChI=1S/C23H29N3O/c1-2-14-24-22(27)13-15-25-16-18-26(19-17-25)23(20-9-5-3-6-10-20)21-11-7-4-8-12-21/h2-12,23H,1,13-19H2,(H,24,27). The van der Waals surface area contributed by atoms with Gasteiger partial charge in [0.1, 0.15) is 0 Å². The van der Waals surface area contributed by atoms with E-state index >= 15 is 0 Å². The largest absolute Gasteiger partial charge is 0.353 e. The lowest BCUT2D eigenvalue weighted by molar-refractivity contribution is -0.121. The first kappa shape index (κ1) is 19.3. The highest BCUT2D eigenvalue weighted by Crippen LogP contribution is 2.29. The van der Waals surface area contributed by atoms with E-state index in [1.54, 1.807) is 6.08 Å². The minimum absolute atomic E-state index is 0.101. The molecule has 1 heterocycles. The summed E-state index contributed by atoms with van der Waals surface area (Å²) in [6.45, 7) is 8.98. The van der Waals surface area contributed by atoms with Crippen LogP contribution in [-0.2, 0) is 4.79 Å². The van der Waals surface area contributed by atoms with Crippen molar-refractivity contribution in [1.82, 2.24) is 15.1 Å². The smallest absolute Gasteiger partial charge is 0.221 e. The molecule has 0 radical (unpaired) electrons. The van der Waals surface area contributed by atoms with E-state index < -0.39 is 0 Å². The van der Waals surface area contributed by atoms with Gasteiger partial charge in [0.05, 0.1) is 6.04 Å². The van der Waals surface area contributed by atoms with Gasteiger partial charge in [-0.3, -0.25) is 9.69 Å². The van der Waals surface area contributed by atoms with Crippen LogP contribution in [0.2, 0.25) is 0 Å². The molecule has 1 aliphatic heterocycles. The fraction of sp³-hybridized carbons (Fsp3) is 0.348. The monoisotopic (exact) mass is 363 g/mol. The Hall–Kier alpha value is -2.43. The third-order valence-corrected chi connectivity index (χ3v) is 5.10. The highest BCUT2D eigenvalue weighted by atomic mass is 16.1. The molecule has 1 aliphatic rings. The van der Waals surface area contributed by atoms with Gasteiger partial charge in [-0.2, -0.15) is 0 Å². The molecule has 1 N–H and O–H groups in total. The second-order valence-electron chi connectivity index (χ2n) is 6.94. The van der Waals surface area contributed by atoms with Crippen LogP contribution in [0, 0.1) is 0 Å². The van der Waals surface area contributed by atoms with Crippen LogP contribution in [0.5, 0.6) is 0 Å². The zero-order valence-corrected chi connectivity index (χ0v) is 15.9. The average Bonchev–Trinajstić information content (AvgIpc) is 2.73. The maximum absolute atomic E-state index is 11.8. The summed E-state index contributed by atoms with van der Waals surface area (Å²) in [7, 11) is 0. The van der Waals surface area contributed by atoms with Crippen molar-refractivity contribution in [2.24, 2.45) is 0 Å². The van der Waals surface area contributed by atoms with Crippen LogP contribution in [-0.4, -0.2) is 55.0 Å². The predicted molar refractivity (Wildman–Crippen MR) is 111 cm³/mol. The lowest BCUT2D eigenvalue weighted by atomic mass is 9.96. The number of hydrogen-bond acceptors (Lipinski definition) is 3. The molecule has 4 nitrogen and oxygen atoms in total. The van der Waals surface area contributed by atoms with E-state index in [0.717, 1.165) is 32.7 Å². The van der Waals surface area contributed by atoms with E-state index in [2.05, 4.69) is 82.4 Å². The molecule has 3 rings (SSSR count). The van der Waals surface area contributed by atoms with Crippen LogP contribution >= 0.6 is 0 Å². The molecule has 1 amide bonds. The second-order valence-corrected chi connectivity index (χ2v) is 6.94. The van der Waals surface area contributed by atoms with Crippen LogP contribution < -0.4 is 5.32 Å². The Morgan fingerprint density at radius 2 is 1.52 bits per heavy atom. The summed E-state index contributed by atoms with van der Waals surface area (Å²) >= 11 is 0. The van der Waals surface area contributed by atoms with Crippen molar-refractivity contribution >= 4 is 5.91 Å². The van der Waals surface area contributed by atoms with E-state index in [1.165, 1.54) is 11.1 Å². The number of carbonyl (C=O) groups is 1. The highest BCUT2D eigenvalue weighted by Gasteiger charge is 2.26. The lowest BCUT2D eigenvalue weighted by Crippen LogP contribution is -2.48. The van der Waals surface area contributed by atoms with Crippen molar-refractivity contribution in [1.29, 1.82) is 0 Å². The third kappa shape index (κ3) is 5.52. The van der Waals surface area contributed by atoms with E-state index in [0.29, 0.717) is 13.0 Å². The number of piperazine rings is 1. The van der Waals surface area contributed by atoms with Crippen molar-refractivity contribution in [3.63, 3.8) is 0 Å². The first-order valence-electron chi connectivity index (χ1n) is 9.72. The zero-order chi connectivity index (χ0) is 18.9. The van der Waals surface area contributed by atoms with E-state index in [1.807, 2.05) is 0 Å². The summed E-state index contributed by atoms with van der Waals surface area (Å²) < 4.78 is 0. The maximum Gasteiger partial charge on any atom is 0.221 e. The SMILES string of the molecule is C=CCNC(=O)CCN1CCN(C(c2ccccc2)c2ccccc2)CC1. The Balaban J connectivity index is 1.60. The minimum Gasteiger partial charge on any atom is -0.353 e. The Morgan fingerprint density at radius 3 is 2.04 bits per heavy atom. The van der Waals surface area contributed by atoms with Gasteiger partial charge in [-0.25, -0.2) is 0 Å². The van der Waals surface area contributed by atoms with Gasteiger partial charge < -0.3 is 10.2 Å². The number of rotatable bonds is 8. The van der Waals surface area contributed by atoms with Crippen molar-refractivity contribution in [2.75, 3.05) is 39.3 Å². The summed E-state index contributed by atoms with van der Waals surface area (Å²) in [6, 6.07) is 21.7. The molecule has 1 fully saturated rings. The first-order chi connectivity index (χ1) is 13.3. The minimum atomic E-state index is 0.101. The number of nitrogens with one attached hydrogen (secondary N) is 1. The summed E-state index contributed by atoms with van der Waals surface area (Å²) in [5.41, 5.74) is 2.67. The van der Waals surface area contributed by atoms with Gasteiger partial charge in [-0.15, -0.1) is 6.58 Å². The number of carbonyl (C=O) groups excluding carboxylic acids is 1. The molecular weight excluding hydrogens is 334 g/mol. The first-order valence-corrected chi connectivity index (χ1v) is 9.72. The van der Waals surface area contributed by atoms with Crippen molar-refractivity contribution in [3.05, 3.63) is 84.4 Å². The third-order valence-electron chi connectivity index (χ3n) is 5.10. The predicted octanol–water partition coefficient (Wildman–Crippen LogP) is 3.09. The fourth-order valence-electron chi connectivity index (χ4n) is 3.66. The molecule has 27 heavy (non-hydrogen) atoms. The molecule has 1 saturated heterocycles. The van der Waals surface area contributed by atoms with Gasteiger partial charge in [-0.1, -0.05) is 66.7 Å². The molecule has 0 spiro atoms. The van der Waals surface area contributed by atoms with E-state index in [-0.39, 0.29) is 11.9 Å². The molecule has 0 unspecified atom stereocenters. The van der Waals surface area contributed by atoms with Gasteiger partial charge >= 0.3 is 0 Å². The van der Waals surface area contributed by atoms with E-state index in [9.17, 15) is 4.79 Å². The Morgan fingerprint density at radius 1 is 0.963 bits per heavy atom. The van der Waals surface area contributed by atoms with Crippen LogP contribution in [0.3, 0.4) is 0 Å². The van der Waals surface area contributed by atoms with Gasteiger partial charge in [0.25, 0.3) is 0 Å². The average molecular weight is 364 g/mol. The molecule has 0 atom stereocenters. The summed E-state index contributed by atoms with van der Waals surface area (Å²) in [5.74, 6) is 0.101. The second kappa shape index (κ2) is 10.0. The Kier molecular flexibility index (Phi) is 7.19. The molecule has 0 bridgehead atoms. The molecule has 0 saturated carbocycles. The quantitative estimate of drug-likeness (QED) is 0.732. The lowest BCUT2D eigenvalue weighted by Gasteiger charge is -2.39. The molecule has 4 heteroatoms. The molecule has 2 aromatic carbocycles. The normalized spacial score (nSPS) is 15.6. The van der Waals surface area contributed by atoms with Gasteiger partial charge in [-0.05, 0) is 11.1 Å². The van der Waals surface area contributed by atoms with Crippen molar-refractivity contribution < 1.29 is 4.79 Å². The van der Waals surface area contributed by atoms with Gasteiger partial charge in [0, 0.05) is 45.7 Å². The summed E-state index contributed by atoms with van der Waals surface area (Å²) in [4.78, 5) is 16.7. The summed E-state index contributed by atoms with van der Waals surface area (Å²) in [5, 5.41) is 2.85. The topological polar surface area (TPSA) is 35.6 Å². The van der Waals surface area contributed by atoms with E-state index in [4.69, 9.17) is 0 Å². The Bertz CT molecular complexity index is 669. The highest BCUT2D eigenvalue weighted by molar-refractivity contribution is 5.76. The fourth-order valence-corrected chi connectivity index (χ4v) is 3.66. The maximum atomic E-state index is 11.8. The van der Waals surface area contributed by atoms with Crippen LogP contribution in [0.1, 0.15) is 23.6 Å². The molecule has 0 aliphatic carbocycles. The Labute approximate surface area is 162 Å². The van der Waals surface area contributed by atoms with Crippen LogP contribution in [0.25, 0.3) is 0 Å². The number of benzene rings is 2. The van der Waals surface area contributed by atoms with Crippen molar-refractivity contribution in [3.8, 4) is 0 Å². The molecular formula is C23H29N3O. The van der Waals surface area contributed by atoms with Crippen LogP contribution in [0.15, 0.2) is 73.3 Å². The van der Waals surface area contributed by atoms with Gasteiger partial charge in [0.2, 0.25) is 5.91 Å². The number of hydrogen-bond donors (Lipinski definition) is 1. The zero-order valence-electron chi connectivity index (χ0n) is 15.9.